The molecule has 0 saturated carbocycles. The summed E-state index contributed by atoms with van der Waals surface area (Å²) in [6.07, 6.45) is 2.42. The molecule has 1 aromatic carbocycles. The van der Waals surface area contributed by atoms with Gasteiger partial charge in [-0.3, -0.25) is 0 Å². The predicted molar refractivity (Wildman–Crippen MR) is 106 cm³/mol. The summed E-state index contributed by atoms with van der Waals surface area (Å²) in [4.78, 5) is 31.3. The average molecular weight is 392 g/mol. The molecule has 1 heterocycles. The molecule has 7 heteroatoms. The Kier molecular flexibility index (Phi) is 8.26. The first-order chi connectivity index (χ1) is 13.3. The zero-order chi connectivity index (χ0) is 20.6. The molecule has 1 aliphatic heterocycles. The van der Waals surface area contributed by atoms with E-state index in [0.717, 1.165) is 25.9 Å². The molecular formula is C21H32N2O5. The second-order valence-corrected chi connectivity index (χ2v) is 8.17. The number of amides is 1. The summed E-state index contributed by atoms with van der Waals surface area (Å²) in [5.74, 6) is -0.101. The molecule has 0 spiro atoms. The standard InChI is InChI=1S/C21H32N2O5/c1-21(2,3)27-20(25)23(4)18(13-16-9-8-12-26-15-16)14-22-28-19(24)17-10-6-5-7-11-17/h5-7,10-11,16,18,22H,8-9,12-15H2,1-4H3/t16-,18+/m0/s1. The molecule has 1 saturated heterocycles. The van der Waals surface area contributed by atoms with Gasteiger partial charge in [0.15, 0.2) is 0 Å². The van der Waals surface area contributed by atoms with Gasteiger partial charge in [-0.05, 0) is 58.1 Å². The Bertz CT molecular complexity index is 623. The van der Waals surface area contributed by atoms with Crippen molar-refractivity contribution >= 4 is 12.1 Å². The maximum Gasteiger partial charge on any atom is 0.410 e. The van der Waals surface area contributed by atoms with Gasteiger partial charge in [0.1, 0.15) is 5.60 Å². The minimum Gasteiger partial charge on any atom is -0.444 e. The molecule has 2 atom stereocenters. The van der Waals surface area contributed by atoms with Gasteiger partial charge in [0.2, 0.25) is 0 Å². The third kappa shape index (κ3) is 7.48. The molecular weight excluding hydrogens is 360 g/mol. The van der Waals surface area contributed by atoms with Crippen molar-refractivity contribution in [2.45, 2.75) is 51.7 Å². The Hall–Kier alpha value is -2.12. The van der Waals surface area contributed by atoms with E-state index >= 15 is 0 Å². The number of rotatable bonds is 7. The number of carbonyl (C=O) groups excluding carboxylic acids is 2. The number of nitrogens with one attached hydrogen (secondary N) is 1. The van der Waals surface area contributed by atoms with Crippen LogP contribution in [0.2, 0.25) is 0 Å². The molecule has 0 aromatic heterocycles. The predicted octanol–water partition coefficient (Wildman–Crippen LogP) is 3.40. The van der Waals surface area contributed by atoms with Crippen molar-refractivity contribution in [2.75, 3.05) is 26.8 Å². The number of hydrogen-bond acceptors (Lipinski definition) is 6. The van der Waals surface area contributed by atoms with Crippen LogP contribution in [0.15, 0.2) is 30.3 Å². The summed E-state index contributed by atoms with van der Waals surface area (Å²) in [6, 6.07) is 8.58. The minimum atomic E-state index is -0.572. The highest BCUT2D eigenvalue weighted by Crippen LogP contribution is 2.22. The van der Waals surface area contributed by atoms with E-state index in [4.69, 9.17) is 14.3 Å². The van der Waals surface area contributed by atoms with Gasteiger partial charge >= 0.3 is 12.1 Å². The Morgan fingerprint density at radius 2 is 2.00 bits per heavy atom. The van der Waals surface area contributed by atoms with E-state index in [9.17, 15) is 9.59 Å². The number of ether oxygens (including phenoxy) is 2. The number of benzene rings is 1. The van der Waals surface area contributed by atoms with Crippen LogP contribution in [0, 0.1) is 5.92 Å². The molecule has 2 rings (SSSR count). The fourth-order valence-electron chi connectivity index (χ4n) is 3.08. The second kappa shape index (κ2) is 10.4. The highest BCUT2D eigenvalue weighted by Gasteiger charge is 2.28. The summed E-state index contributed by atoms with van der Waals surface area (Å²) in [5.41, 5.74) is 2.63. The lowest BCUT2D eigenvalue weighted by Crippen LogP contribution is -2.47. The van der Waals surface area contributed by atoms with Gasteiger partial charge in [-0.1, -0.05) is 18.2 Å². The molecule has 1 fully saturated rings. The molecule has 7 nitrogen and oxygen atoms in total. The van der Waals surface area contributed by atoms with Crippen LogP contribution >= 0.6 is 0 Å². The first-order valence-corrected chi connectivity index (χ1v) is 9.79. The zero-order valence-electron chi connectivity index (χ0n) is 17.3. The fraction of sp³-hybridized carbons (Fsp3) is 0.619. The van der Waals surface area contributed by atoms with Crippen LogP contribution in [0.5, 0.6) is 0 Å². The second-order valence-electron chi connectivity index (χ2n) is 8.17. The van der Waals surface area contributed by atoms with Crippen LogP contribution in [0.4, 0.5) is 4.79 Å². The molecule has 0 radical (unpaired) electrons. The van der Waals surface area contributed by atoms with E-state index in [1.165, 1.54) is 0 Å². The van der Waals surface area contributed by atoms with Crippen molar-refractivity contribution in [3.8, 4) is 0 Å². The first kappa shape index (κ1) is 22.2. The Morgan fingerprint density at radius 3 is 2.61 bits per heavy atom. The maximum atomic E-state index is 12.5. The van der Waals surface area contributed by atoms with Crippen molar-refractivity contribution in [1.29, 1.82) is 0 Å². The van der Waals surface area contributed by atoms with Gasteiger partial charge in [0.05, 0.1) is 18.2 Å². The van der Waals surface area contributed by atoms with E-state index < -0.39 is 17.7 Å². The van der Waals surface area contributed by atoms with Crippen molar-refractivity contribution in [3.63, 3.8) is 0 Å². The Morgan fingerprint density at radius 1 is 1.29 bits per heavy atom. The highest BCUT2D eigenvalue weighted by molar-refractivity contribution is 5.89. The number of likely N-dealkylation sites (N-methyl/N-ethyl adjacent to an activating group) is 1. The summed E-state index contributed by atoms with van der Waals surface area (Å²) >= 11 is 0. The van der Waals surface area contributed by atoms with Crippen molar-refractivity contribution < 1.29 is 23.9 Å². The Labute approximate surface area is 167 Å². The first-order valence-electron chi connectivity index (χ1n) is 9.79. The third-order valence-electron chi connectivity index (χ3n) is 4.58. The lowest BCUT2D eigenvalue weighted by molar-refractivity contribution is -0.00121. The number of carbonyl (C=O) groups is 2. The van der Waals surface area contributed by atoms with E-state index in [1.807, 2.05) is 26.8 Å². The molecule has 28 heavy (non-hydrogen) atoms. The summed E-state index contributed by atoms with van der Waals surface area (Å²) in [7, 11) is 1.71. The van der Waals surface area contributed by atoms with Crippen LogP contribution in [0.1, 0.15) is 50.4 Å². The van der Waals surface area contributed by atoms with Crippen molar-refractivity contribution in [1.82, 2.24) is 10.4 Å². The van der Waals surface area contributed by atoms with Crippen LogP contribution in [0.25, 0.3) is 0 Å². The van der Waals surface area contributed by atoms with Crippen LogP contribution in [0.3, 0.4) is 0 Å². The third-order valence-corrected chi connectivity index (χ3v) is 4.58. The minimum absolute atomic E-state index is 0.190. The van der Waals surface area contributed by atoms with Crippen molar-refractivity contribution in [2.24, 2.45) is 5.92 Å². The molecule has 0 bridgehead atoms. The van der Waals surface area contributed by atoms with Crippen LogP contribution < -0.4 is 5.48 Å². The van der Waals surface area contributed by atoms with Gasteiger partial charge in [0.25, 0.3) is 0 Å². The molecule has 1 amide bonds. The summed E-state index contributed by atoms with van der Waals surface area (Å²) in [6.45, 7) is 7.29. The van der Waals surface area contributed by atoms with E-state index in [1.54, 1.807) is 36.2 Å². The van der Waals surface area contributed by atoms with Crippen LogP contribution in [-0.2, 0) is 14.3 Å². The van der Waals surface area contributed by atoms with E-state index in [-0.39, 0.29) is 6.04 Å². The van der Waals surface area contributed by atoms with Gasteiger partial charge < -0.3 is 19.2 Å². The maximum absolute atomic E-state index is 12.5. The van der Waals surface area contributed by atoms with Gasteiger partial charge in [-0.2, -0.15) is 5.48 Å². The monoisotopic (exact) mass is 392 g/mol. The lowest BCUT2D eigenvalue weighted by Gasteiger charge is -2.33. The van der Waals surface area contributed by atoms with Crippen LogP contribution in [-0.4, -0.2) is 55.4 Å². The molecule has 1 aromatic rings. The van der Waals surface area contributed by atoms with Gasteiger partial charge in [-0.15, -0.1) is 0 Å². The summed E-state index contributed by atoms with van der Waals surface area (Å²) < 4.78 is 11.1. The zero-order valence-corrected chi connectivity index (χ0v) is 17.3. The molecule has 1 N–H and O–H groups in total. The largest absolute Gasteiger partial charge is 0.444 e. The normalized spacial score (nSPS) is 18.2. The fourth-order valence-corrected chi connectivity index (χ4v) is 3.08. The Balaban J connectivity index is 1.94. The van der Waals surface area contributed by atoms with E-state index in [2.05, 4.69) is 5.48 Å². The number of hydrogen-bond donors (Lipinski definition) is 1. The molecule has 0 aliphatic carbocycles. The van der Waals surface area contributed by atoms with Crippen molar-refractivity contribution in [3.05, 3.63) is 35.9 Å². The smallest absolute Gasteiger partial charge is 0.410 e. The van der Waals surface area contributed by atoms with E-state index in [0.29, 0.717) is 24.6 Å². The molecule has 0 unspecified atom stereocenters. The van der Waals surface area contributed by atoms with Gasteiger partial charge in [-0.25, -0.2) is 9.59 Å². The summed E-state index contributed by atoms with van der Waals surface area (Å²) in [5, 5.41) is 0. The lowest BCUT2D eigenvalue weighted by atomic mass is 9.94. The quantitative estimate of drug-likeness (QED) is 0.717. The molecule has 1 aliphatic rings. The number of hydroxylamine groups is 1. The number of nitrogens with zero attached hydrogens (tertiary/aromatic N) is 1. The highest BCUT2D eigenvalue weighted by atomic mass is 16.7. The molecule has 156 valence electrons. The average Bonchev–Trinajstić information content (AvgIpc) is 2.66. The topological polar surface area (TPSA) is 77.1 Å². The van der Waals surface area contributed by atoms with Gasteiger partial charge in [0, 0.05) is 20.3 Å². The SMILES string of the molecule is CN(C(=O)OC(C)(C)C)[C@@H](CNOC(=O)c1ccccc1)C[C@@H]1CCCOC1.